The Morgan fingerprint density at radius 3 is 2.00 bits per heavy atom. The molecule has 3 heteroatoms. The minimum absolute atomic E-state index is 0.500. The van der Waals surface area contributed by atoms with Gasteiger partial charge >= 0.3 is 0 Å². The van der Waals surface area contributed by atoms with E-state index in [1.807, 2.05) is 0 Å². The highest BCUT2D eigenvalue weighted by atomic mass is 16.5. The summed E-state index contributed by atoms with van der Waals surface area (Å²) in [6.07, 6.45) is 1.70. The van der Waals surface area contributed by atoms with Crippen molar-refractivity contribution in [1.29, 1.82) is 0 Å². The Balaban J connectivity index is 0.000000292. The third kappa shape index (κ3) is 5.18. The number of hydrogen-bond donors (Lipinski definition) is 0. The molecule has 1 saturated heterocycles. The predicted octanol–water partition coefficient (Wildman–Crippen LogP) is 0.600. The number of likely N-dealkylation sites (N-methyl/N-ethyl adjacent to an activating group) is 1. The zero-order valence-corrected chi connectivity index (χ0v) is 7.96. The molecule has 0 amide bonds. The zero-order valence-electron chi connectivity index (χ0n) is 7.96. The fourth-order valence-electron chi connectivity index (χ4n) is 1.09. The fourth-order valence-corrected chi connectivity index (χ4v) is 1.09. The average molecular weight is 161 g/mol. The Morgan fingerprint density at radius 1 is 1.27 bits per heavy atom. The zero-order chi connectivity index (χ0) is 8.69. The molecule has 0 aromatic rings. The van der Waals surface area contributed by atoms with Gasteiger partial charge in [-0.15, -0.1) is 0 Å². The summed E-state index contributed by atoms with van der Waals surface area (Å²) in [5.74, 6) is 0. The molecule has 3 nitrogen and oxygen atoms in total. The van der Waals surface area contributed by atoms with Gasteiger partial charge in [-0.25, -0.2) is 0 Å². The van der Waals surface area contributed by atoms with Crippen LogP contribution in [-0.4, -0.2) is 52.5 Å². The topological polar surface area (TPSA) is 21.7 Å². The summed E-state index contributed by atoms with van der Waals surface area (Å²) < 4.78 is 9.39. The van der Waals surface area contributed by atoms with Crippen molar-refractivity contribution in [3.05, 3.63) is 0 Å². The van der Waals surface area contributed by atoms with E-state index in [1.54, 1.807) is 21.3 Å². The maximum Gasteiger partial charge on any atom is 0.0710 e. The van der Waals surface area contributed by atoms with Gasteiger partial charge in [0.15, 0.2) is 0 Å². The van der Waals surface area contributed by atoms with Crippen molar-refractivity contribution in [3.8, 4) is 0 Å². The van der Waals surface area contributed by atoms with Gasteiger partial charge in [-0.05, 0) is 13.5 Å². The molecule has 0 bridgehead atoms. The molecule has 0 spiro atoms. The number of hydrogen-bond acceptors (Lipinski definition) is 3. The monoisotopic (exact) mass is 161 g/mol. The van der Waals surface area contributed by atoms with Crippen molar-refractivity contribution in [2.75, 3.05) is 41.5 Å². The number of methoxy groups -OCH3 is 2. The molecular weight excluding hydrogens is 142 g/mol. The van der Waals surface area contributed by atoms with Gasteiger partial charge in [-0.3, -0.25) is 0 Å². The number of rotatable bonds is 1. The van der Waals surface area contributed by atoms with Gasteiger partial charge in [-0.2, -0.15) is 0 Å². The minimum atomic E-state index is 0.500. The summed E-state index contributed by atoms with van der Waals surface area (Å²) >= 11 is 0. The SMILES string of the molecule is COC.COC1CCN(C)C1. The van der Waals surface area contributed by atoms with Crippen molar-refractivity contribution < 1.29 is 9.47 Å². The Labute approximate surface area is 69.3 Å². The molecule has 0 saturated carbocycles. The van der Waals surface area contributed by atoms with Gasteiger partial charge in [0.05, 0.1) is 6.10 Å². The van der Waals surface area contributed by atoms with Crippen LogP contribution in [0.2, 0.25) is 0 Å². The lowest BCUT2D eigenvalue weighted by molar-refractivity contribution is 0.111. The van der Waals surface area contributed by atoms with Crippen LogP contribution >= 0.6 is 0 Å². The van der Waals surface area contributed by atoms with E-state index in [2.05, 4.69) is 16.7 Å². The molecule has 1 rings (SSSR count). The van der Waals surface area contributed by atoms with Crippen LogP contribution in [0.5, 0.6) is 0 Å². The largest absolute Gasteiger partial charge is 0.388 e. The summed E-state index contributed by atoms with van der Waals surface area (Å²) in [5, 5.41) is 0. The first-order chi connectivity index (χ1) is 5.24. The summed E-state index contributed by atoms with van der Waals surface area (Å²) in [7, 11) is 7.16. The predicted molar refractivity (Wildman–Crippen MR) is 45.8 cm³/mol. The fraction of sp³-hybridized carbons (Fsp3) is 1.00. The average Bonchev–Trinajstić information content (AvgIpc) is 2.37. The lowest BCUT2D eigenvalue weighted by Crippen LogP contribution is -2.17. The normalized spacial score (nSPS) is 24.5. The second-order valence-electron chi connectivity index (χ2n) is 2.82. The van der Waals surface area contributed by atoms with Gasteiger partial charge in [0, 0.05) is 34.4 Å². The van der Waals surface area contributed by atoms with Gasteiger partial charge < -0.3 is 14.4 Å². The summed E-state index contributed by atoms with van der Waals surface area (Å²) in [4.78, 5) is 2.29. The van der Waals surface area contributed by atoms with Crippen molar-refractivity contribution in [1.82, 2.24) is 4.90 Å². The molecule has 0 aromatic carbocycles. The van der Waals surface area contributed by atoms with E-state index in [9.17, 15) is 0 Å². The molecule has 1 heterocycles. The maximum absolute atomic E-state index is 5.14. The van der Waals surface area contributed by atoms with Gasteiger partial charge in [0.25, 0.3) is 0 Å². The first-order valence-corrected chi connectivity index (χ1v) is 3.86. The maximum atomic E-state index is 5.14. The van der Waals surface area contributed by atoms with Crippen LogP contribution in [0.25, 0.3) is 0 Å². The number of nitrogens with zero attached hydrogens (tertiary/aromatic N) is 1. The Hall–Kier alpha value is -0.120. The number of ether oxygens (including phenoxy) is 2. The van der Waals surface area contributed by atoms with E-state index in [4.69, 9.17) is 4.74 Å². The van der Waals surface area contributed by atoms with Crippen molar-refractivity contribution in [3.63, 3.8) is 0 Å². The van der Waals surface area contributed by atoms with Crippen molar-refractivity contribution in [2.24, 2.45) is 0 Å². The second-order valence-corrected chi connectivity index (χ2v) is 2.82. The molecule has 1 aliphatic rings. The molecule has 68 valence electrons. The van der Waals surface area contributed by atoms with E-state index < -0.39 is 0 Å². The highest BCUT2D eigenvalue weighted by Gasteiger charge is 2.17. The standard InChI is InChI=1S/C6H13NO.C2H6O/c1-7-4-3-6(5-7)8-2;1-3-2/h6H,3-5H2,1-2H3;1-2H3. The van der Waals surface area contributed by atoms with E-state index in [-0.39, 0.29) is 0 Å². The highest BCUT2D eigenvalue weighted by Crippen LogP contribution is 2.07. The molecule has 1 fully saturated rings. The summed E-state index contributed by atoms with van der Waals surface area (Å²) in [6, 6.07) is 0. The first-order valence-electron chi connectivity index (χ1n) is 3.86. The van der Waals surface area contributed by atoms with Gasteiger partial charge in [0.2, 0.25) is 0 Å². The summed E-state index contributed by atoms with van der Waals surface area (Å²) in [5.41, 5.74) is 0. The van der Waals surface area contributed by atoms with Crippen LogP contribution in [0.4, 0.5) is 0 Å². The quantitative estimate of drug-likeness (QED) is 0.562. The molecule has 0 aliphatic carbocycles. The molecule has 0 aromatic heterocycles. The van der Waals surface area contributed by atoms with Crippen LogP contribution in [0.1, 0.15) is 6.42 Å². The van der Waals surface area contributed by atoms with Gasteiger partial charge in [-0.1, -0.05) is 0 Å². The lowest BCUT2D eigenvalue weighted by atomic mass is 10.3. The van der Waals surface area contributed by atoms with E-state index in [0.717, 1.165) is 6.54 Å². The molecule has 1 aliphatic heterocycles. The third-order valence-corrected chi connectivity index (χ3v) is 1.68. The smallest absolute Gasteiger partial charge is 0.0710 e. The molecule has 1 unspecified atom stereocenters. The van der Waals surface area contributed by atoms with Crippen molar-refractivity contribution in [2.45, 2.75) is 12.5 Å². The second kappa shape index (κ2) is 6.58. The van der Waals surface area contributed by atoms with Crippen LogP contribution in [-0.2, 0) is 9.47 Å². The Kier molecular flexibility index (Phi) is 6.51. The van der Waals surface area contributed by atoms with Crippen LogP contribution in [0.15, 0.2) is 0 Å². The van der Waals surface area contributed by atoms with E-state index in [0.29, 0.717) is 6.10 Å². The minimum Gasteiger partial charge on any atom is -0.388 e. The molecule has 0 N–H and O–H groups in total. The molecule has 0 radical (unpaired) electrons. The molecule has 11 heavy (non-hydrogen) atoms. The third-order valence-electron chi connectivity index (χ3n) is 1.68. The van der Waals surface area contributed by atoms with Crippen molar-refractivity contribution >= 4 is 0 Å². The van der Waals surface area contributed by atoms with Crippen LogP contribution in [0, 0.1) is 0 Å². The highest BCUT2D eigenvalue weighted by molar-refractivity contribution is 4.71. The summed E-state index contributed by atoms with van der Waals surface area (Å²) in [6.45, 7) is 2.30. The van der Waals surface area contributed by atoms with E-state index >= 15 is 0 Å². The first kappa shape index (κ1) is 10.9. The van der Waals surface area contributed by atoms with Crippen LogP contribution in [0.3, 0.4) is 0 Å². The Bertz CT molecular complexity index is 88.2. The molecule has 1 atom stereocenters. The van der Waals surface area contributed by atoms with Gasteiger partial charge in [0.1, 0.15) is 0 Å². The Morgan fingerprint density at radius 2 is 1.82 bits per heavy atom. The van der Waals surface area contributed by atoms with E-state index in [1.165, 1.54) is 13.0 Å². The van der Waals surface area contributed by atoms with Crippen LogP contribution < -0.4 is 0 Å². The lowest BCUT2D eigenvalue weighted by Gasteiger charge is -2.06. The number of likely N-dealkylation sites (tertiary alicyclic amines) is 1. The molecular formula is C8H19NO2.